The van der Waals surface area contributed by atoms with Gasteiger partial charge in [0.2, 0.25) is 11.8 Å². The van der Waals surface area contributed by atoms with Crippen LogP contribution in [0.15, 0.2) is 24.3 Å². The summed E-state index contributed by atoms with van der Waals surface area (Å²) in [7, 11) is 0. The van der Waals surface area contributed by atoms with Crippen LogP contribution in [0, 0.1) is 0 Å². The van der Waals surface area contributed by atoms with Gasteiger partial charge in [-0.05, 0) is 43.4 Å². The third-order valence-corrected chi connectivity index (χ3v) is 4.98. The monoisotopic (exact) mass is 379 g/mol. The number of unbranched alkanes of at least 4 members (excludes halogenated alkanes) is 2. The summed E-state index contributed by atoms with van der Waals surface area (Å²) in [6, 6.07) is 8.30. The molecule has 1 fully saturated rings. The van der Waals surface area contributed by atoms with E-state index in [0.717, 1.165) is 56.8 Å². The van der Waals surface area contributed by atoms with E-state index in [1.165, 1.54) is 12.5 Å². The topological polar surface area (TPSA) is 61.4 Å². The van der Waals surface area contributed by atoms with Crippen molar-refractivity contribution in [3.05, 3.63) is 34.9 Å². The number of likely N-dealkylation sites (tertiary alicyclic amines) is 1. The Morgan fingerprint density at radius 1 is 1.12 bits per heavy atom. The summed E-state index contributed by atoms with van der Waals surface area (Å²) in [6.07, 6.45) is 5.35. The van der Waals surface area contributed by atoms with Crippen molar-refractivity contribution in [2.24, 2.45) is 0 Å². The highest BCUT2D eigenvalue weighted by molar-refractivity contribution is 6.30. The fourth-order valence-electron chi connectivity index (χ4n) is 3.24. The van der Waals surface area contributed by atoms with Gasteiger partial charge >= 0.3 is 0 Å². The van der Waals surface area contributed by atoms with Gasteiger partial charge in [0.05, 0.1) is 0 Å². The highest BCUT2D eigenvalue weighted by Crippen LogP contribution is 2.16. The van der Waals surface area contributed by atoms with Crippen LogP contribution in [0.4, 0.5) is 0 Å². The van der Waals surface area contributed by atoms with Gasteiger partial charge in [-0.15, -0.1) is 0 Å². The van der Waals surface area contributed by atoms with Crippen molar-refractivity contribution in [2.75, 3.05) is 19.6 Å². The number of piperidine rings is 1. The molecule has 1 aliphatic rings. The first-order chi connectivity index (χ1) is 12.5. The van der Waals surface area contributed by atoms with Crippen LogP contribution < -0.4 is 10.6 Å². The molecule has 1 aromatic carbocycles. The summed E-state index contributed by atoms with van der Waals surface area (Å²) in [5.41, 5.74) is 1.27. The average Bonchev–Trinajstić information content (AvgIpc) is 2.61. The van der Waals surface area contributed by atoms with Crippen LogP contribution in [-0.2, 0) is 16.1 Å². The summed E-state index contributed by atoms with van der Waals surface area (Å²) in [5.74, 6) is 0.158. The van der Waals surface area contributed by atoms with E-state index in [2.05, 4.69) is 27.7 Å². The zero-order valence-corrected chi connectivity index (χ0v) is 16.4. The molecule has 0 aliphatic carbocycles. The first-order valence-corrected chi connectivity index (χ1v) is 9.91. The molecule has 5 nitrogen and oxygen atoms in total. The highest BCUT2D eigenvalue weighted by Gasteiger charge is 2.20. The van der Waals surface area contributed by atoms with E-state index in [1.807, 2.05) is 12.1 Å². The van der Waals surface area contributed by atoms with Crippen molar-refractivity contribution < 1.29 is 9.59 Å². The van der Waals surface area contributed by atoms with Crippen molar-refractivity contribution in [3.8, 4) is 0 Å². The third-order valence-electron chi connectivity index (χ3n) is 4.73. The summed E-state index contributed by atoms with van der Waals surface area (Å²) < 4.78 is 0. The van der Waals surface area contributed by atoms with E-state index in [1.54, 1.807) is 0 Å². The van der Waals surface area contributed by atoms with E-state index >= 15 is 0 Å². The zero-order chi connectivity index (χ0) is 18.8. The number of halogens is 1. The lowest BCUT2D eigenvalue weighted by atomic mass is 10.0. The van der Waals surface area contributed by atoms with E-state index in [4.69, 9.17) is 11.6 Å². The van der Waals surface area contributed by atoms with Crippen LogP contribution in [0.3, 0.4) is 0 Å². The minimum atomic E-state index is 0.00477. The van der Waals surface area contributed by atoms with E-state index in [9.17, 15) is 9.59 Å². The Labute approximate surface area is 161 Å². The molecule has 0 radical (unpaired) electrons. The first kappa shape index (κ1) is 20.7. The summed E-state index contributed by atoms with van der Waals surface area (Å²) in [4.78, 5) is 25.2. The Morgan fingerprint density at radius 2 is 1.81 bits per heavy atom. The van der Waals surface area contributed by atoms with Gasteiger partial charge in [-0.1, -0.05) is 30.2 Å². The van der Waals surface area contributed by atoms with Crippen molar-refractivity contribution >= 4 is 23.4 Å². The molecule has 2 N–H and O–H groups in total. The largest absolute Gasteiger partial charge is 0.356 e. The molecule has 2 amide bonds. The normalized spacial score (nSPS) is 15.6. The second-order valence-corrected chi connectivity index (χ2v) is 7.47. The maximum absolute atomic E-state index is 12.0. The van der Waals surface area contributed by atoms with Gasteiger partial charge in [-0.3, -0.25) is 14.5 Å². The molecule has 6 heteroatoms. The van der Waals surface area contributed by atoms with E-state index in [-0.39, 0.29) is 11.8 Å². The van der Waals surface area contributed by atoms with E-state index < -0.39 is 0 Å². The van der Waals surface area contributed by atoms with Crippen LogP contribution in [-0.4, -0.2) is 42.4 Å². The molecule has 0 atom stereocenters. The number of nitrogens with one attached hydrogen (secondary N) is 2. The molecule has 26 heavy (non-hydrogen) atoms. The van der Waals surface area contributed by atoms with Gasteiger partial charge in [0.15, 0.2) is 0 Å². The van der Waals surface area contributed by atoms with Crippen molar-refractivity contribution in [3.63, 3.8) is 0 Å². The fourth-order valence-corrected chi connectivity index (χ4v) is 3.36. The van der Waals surface area contributed by atoms with Gasteiger partial charge in [-0.2, -0.15) is 0 Å². The van der Waals surface area contributed by atoms with Crippen LogP contribution >= 0.6 is 11.6 Å². The molecule has 144 valence electrons. The lowest BCUT2D eigenvalue weighted by Gasteiger charge is -2.32. The van der Waals surface area contributed by atoms with Crippen molar-refractivity contribution in [1.82, 2.24) is 15.5 Å². The Kier molecular flexibility index (Phi) is 8.92. The van der Waals surface area contributed by atoms with Crippen molar-refractivity contribution in [2.45, 2.75) is 58.0 Å². The molecule has 0 unspecified atom stereocenters. The van der Waals surface area contributed by atoms with Crippen LogP contribution in [0.1, 0.15) is 51.0 Å². The number of nitrogens with zero attached hydrogens (tertiary/aromatic N) is 1. The predicted octanol–water partition coefficient (Wildman–Crippen LogP) is 3.12. The molecule has 1 heterocycles. The second-order valence-electron chi connectivity index (χ2n) is 7.04. The smallest absolute Gasteiger partial charge is 0.220 e. The van der Waals surface area contributed by atoms with Gasteiger partial charge in [0.1, 0.15) is 0 Å². The summed E-state index contributed by atoms with van der Waals surface area (Å²) in [6.45, 7) is 5.16. The lowest BCUT2D eigenvalue weighted by Crippen LogP contribution is -2.44. The lowest BCUT2D eigenvalue weighted by molar-refractivity contribution is -0.122. The standard InChI is InChI=1S/C20H30ClN3O2/c1-16(25)22-12-4-2-3-5-20(26)23-19-10-13-24(14-11-19)15-17-6-8-18(21)9-7-17/h6-9,19H,2-5,10-15H2,1H3,(H,22,25)(H,23,26). The van der Waals surface area contributed by atoms with Gasteiger partial charge in [0.25, 0.3) is 0 Å². The third kappa shape index (κ3) is 8.19. The average molecular weight is 380 g/mol. The van der Waals surface area contributed by atoms with Gasteiger partial charge in [0, 0.05) is 50.6 Å². The predicted molar refractivity (Wildman–Crippen MR) is 105 cm³/mol. The SMILES string of the molecule is CC(=O)NCCCCCC(=O)NC1CCN(Cc2ccc(Cl)cc2)CC1. The maximum atomic E-state index is 12.0. The number of rotatable bonds is 9. The number of benzene rings is 1. The molecule has 1 aliphatic heterocycles. The van der Waals surface area contributed by atoms with E-state index in [0.29, 0.717) is 19.0 Å². The molecule has 0 saturated carbocycles. The van der Waals surface area contributed by atoms with Crippen LogP contribution in [0.2, 0.25) is 5.02 Å². The highest BCUT2D eigenvalue weighted by atomic mass is 35.5. The Balaban J connectivity index is 1.55. The molecule has 1 aromatic rings. The minimum Gasteiger partial charge on any atom is -0.356 e. The summed E-state index contributed by atoms with van der Waals surface area (Å²) >= 11 is 5.93. The van der Waals surface area contributed by atoms with Crippen LogP contribution in [0.25, 0.3) is 0 Å². The van der Waals surface area contributed by atoms with Crippen molar-refractivity contribution in [1.29, 1.82) is 0 Å². The number of hydrogen-bond donors (Lipinski definition) is 2. The Morgan fingerprint density at radius 3 is 2.46 bits per heavy atom. The van der Waals surface area contributed by atoms with Gasteiger partial charge < -0.3 is 10.6 Å². The zero-order valence-electron chi connectivity index (χ0n) is 15.6. The molecule has 0 bridgehead atoms. The second kappa shape index (κ2) is 11.2. The summed E-state index contributed by atoms with van der Waals surface area (Å²) in [5, 5.41) is 6.71. The molecule has 2 rings (SSSR count). The minimum absolute atomic E-state index is 0.00477. The Hall–Kier alpha value is -1.59. The number of hydrogen-bond acceptors (Lipinski definition) is 3. The quantitative estimate of drug-likeness (QED) is 0.648. The van der Waals surface area contributed by atoms with Gasteiger partial charge in [-0.25, -0.2) is 0 Å². The number of amides is 2. The molecular weight excluding hydrogens is 350 g/mol. The molecular formula is C20H30ClN3O2. The number of carbonyl (C=O) groups excluding carboxylic acids is 2. The fraction of sp³-hybridized carbons (Fsp3) is 0.600. The molecule has 0 aromatic heterocycles. The molecule has 1 saturated heterocycles. The molecule has 0 spiro atoms. The maximum Gasteiger partial charge on any atom is 0.220 e. The van der Waals surface area contributed by atoms with Crippen LogP contribution in [0.5, 0.6) is 0 Å². The first-order valence-electron chi connectivity index (χ1n) is 9.53. The Bertz CT molecular complexity index is 569. The number of carbonyl (C=O) groups is 2.